The molecule has 144 valence electrons. The highest BCUT2D eigenvalue weighted by Gasteiger charge is 2.45. The first kappa shape index (κ1) is 19.3. The lowest BCUT2D eigenvalue weighted by Gasteiger charge is -2.50. The monoisotopic (exact) mass is 360 g/mol. The Balaban J connectivity index is 1.74. The van der Waals surface area contributed by atoms with Gasteiger partial charge in [-0.05, 0) is 44.8 Å². The average Bonchev–Trinajstić information content (AvgIpc) is 2.68. The molecule has 1 spiro atoms. The maximum Gasteiger partial charge on any atom is 0.248 e. The van der Waals surface area contributed by atoms with Gasteiger partial charge in [-0.3, -0.25) is 4.79 Å². The topological polar surface area (TPSA) is 42.0 Å². The minimum absolute atomic E-state index is 0.0833. The minimum atomic E-state index is -0.128. The van der Waals surface area contributed by atoms with Gasteiger partial charge in [0.25, 0.3) is 0 Å². The Hall–Kier alpha value is -1.43. The van der Waals surface area contributed by atoms with Gasteiger partial charge in [0.05, 0.1) is 11.7 Å². The summed E-state index contributed by atoms with van der Waals surface area (Å²) in [4.78, 5) is 16.5. The smallest absolute Gasteiger partial charge is 0.248 e. The molecular formula is C21H32N2O3. The van der Waals surface area contributed by atoms with Crippen LogP contribution in [0.15, 0.2) is 30.3 Å². The summed E-state index contributed by atoms with van der Waals surface area (Å²) in [6.45, 7) is 4.94. The molecule has 0 bridgehead atoms. The Morgan fingerprint density at radius 1 is 1.31 bits per heavy atom. The van der Waals surface area contributed by atoms with Gasteiger partial charge in [-0.15, -0.1) is 0 Å². The van der Waals surface area contributed by atoms with E-state index in [0.29, 0.717) is 6.04 Å². The van der Waals surface area contributed by atoms with Crippen molar-refractivity contribution < 1.29 is 14.3 Å². The summed E-state index contributed by atoms with van der Waals surface area (Å²) < 4.78 is 11.7. The molecule has 2 atom stereocenters. The molecule has 2 aliphatic rings. The summed E-state index contributed by atoms with van der Waals surface area (Å²) in [5, 5.41) is 0. The van der Waals surface area contributed by atoms with Crippen LogP contribution in [0.3, 0.4) is 0 Å². The van der Waals surface area contributed by atoms with Crippen LogP contribution < -0.4 is 0 Å². The molecule has 0 aliphatic carbocycles. The number of methoxy groups -OCH3 is 1. The van der Waals surface area contributed by atoms with Crippen molar-refractivity contribution in [1.82, 2.24) is 9.80 Å². The molecule has 2 fully saturated rings. The number of hydrogen-bond acceptors (Lipinski definition) is 4. The molecule has 2 saturated heterocycles. The van der Waals surface area contributed by atoms with Gasteiger partial charge in [0, 0.05) is 26.2 Å². The van der Waals surface area contributed by atoms with Crippen molar-refractivity contribution in [2.75, 3.05) is 40.4 Å². The zero-order valence-corrected chi connectivity index (χ0v) is 16.3. The first-order valence-electron chi connectivity index (χ1n) is 9.76. The quantitative estimate of drug-likeness (QED) is 0.810. The van der Waals surface area contributed by atoms with Crippen molar-refractivity contribution >= 4 is 5.91 Å². The maximum absolute atomic E-state index is 12.1. The van der Waals surface area contributed by atoms with Crippen molar-refractivity contribution in [3.05, 3.63) is 35.9 Å². The molecule has 5 heteroatoms. The fourth-order valence-electron chi connectivity index (χ4n) is 4.32. The Labute approximate surface area is 157 Å². The van der Waals surface area contributed by atoms with Crippen LogP contribution in [0, 0.1) is 0 Å². The van der Waals surface area contributed by atoms with Crippen LogP contribution >= 0.6 is 0 Å². The standard InChI is InChI=1S/C21H32N2O3/c1-4-22(2)18-14-19(17-8-6-5-7-9-17)26-21(15-18)10-12-23(13-11-21)20(24)16-25-3/h5-9,18-19H,4,10-16H2,1-3H3/t18-,19-/m0/s1. The number of likely N-dealkylation sites (tertiary alicyclic amines) is 1. The second-order valence-corrected chi connectivity index (χ2v) is 7.68. The van der Waals surface area contributed by atoms with Crippen molar-refractivity contribution in [1.29, 1.82) is 0 Å². The van der Waals surface area contributed by atoms with Gasteiger partial charge in [-0.2, -0.15) is 0 Å². The van der Waals surface area contributed by atoms with Crippen LogP contribution in [-0.4, -0.2) is 67.7 Å². The minimum Gasteiger partial charge on any atom is -0.375 e. The molecule has 0 saturated carbocycles. The molecule has 26 heavy (non-hydrogen) atoms. The molecule has 1 amide bonds. The number of piperidine rings is 1. The van der Waals surface area contributed by atoms with Crippen LogP contribution in [0.4, 0.5) is 0 Å². The van der Waals surface area contributed by atoms with E-state index in [0.717, 1.165) is 45.3 Å². The van der Waals surface area contributed by atoms with E-state index < -0.39 is 0 Å². The van der Waals surface area contributed by atoms with Gasteiger partial charge in [0.15, 0.2) is 0 Å². The average molecular weight is 360 g/mol. The summed E-state index contributed by atoms with van der Waals surface area (Å²) in [5.74, 6) is 0.0833. The Kier molecular flexibility index (Phi) is 6.33. The fourth-order valence-corrected chi connectivity index (χ4v) is 4.32. The molecule has 0 unspecified atom stereocenters. The van der Waals surface area contributed by atoms with Crippen molar-refractivity contribution in [2.45, 2.75) is 50.4 Å². The Morgan fingerprint density at radius 3 is 2.62 bits per heavy atom. The van der Waals surface area contributed by atoms with Crippen LogP contribution in [0.5, 0.6) is 0 Å². The Morgan fingerprint density at radius 2 is 2.00 bits per heavy atom. The van der Waals surface area contributed by atoms with Crippen molar-refractivity contribution in [3.8, 4) is 0 Å². The highest BCUT2D eigenvalue weighted by Crippen LogP contribution is 2.44. The molecule has 2 aliphatic heterocycles. The molecule has 0 aromatic heterocycles. The lowest BCUT2D eigenvalue weighted by Crippen LogP contribution is -2.55. The van der Waals surface area contributed by atoms with E-state index in [1.165, 1.54) is 5.56 Å². The van der Waals surface area contributed by atoms with E-state index in [4.69, 9.17) is 9.47 Å². The number of benzene rings is 1. The third-order valence-corrected chi connectivity index (χ3v) is 6.07. The summed E-state index contributed by atoms with van der Waals surface area (Å²) in [6.07, 6.45) is 4.01. The predicted octanol–water partition coefficient (Wildman–Crippen LogP) is 2.87. The highest BCUT2D eigenvalue weighted by molar-refractivity contribution is 5.77. The molecule has 2 heterocycles. The zero-order valence-electron chi connectivity index (χ0n) is 16.3. The van der Waals surface area contributed by atoms with E-state index in [9.17, 15) is 4.79 Å². The van der Waals surface area contributed by atoms with Crippen molar-refractivity contribution in [3.63, 3.8) is 0 Å². The lowest BCUT2D eigenvalue weighted by atomic mass is 9.79. The van der Waals surface area contributed by atoms with E-state index in [1.807, 2.05) is 4.90 Å². The third-order valence-electron chi connectivity index (χ3n) is 6.07. The van der Waals surface area contributed by atoms with Gasteiger partial charge in [0.2, 0.25) is 5.91 Å². The van der Waals surface area contributed by atoms with E-state index in [1.54, 1.807) is 7.11 Å². The van der Waals surface area contributed by atoms with E-state index in [2.05, 4.69) is 49.2 Å². The van der Waals surface area contributed by atoms with Gasteiger partial charge in [-0.25, -0.2) is 0 Å². The molecule has 1 aromatic rings. The number of amides is 1. The second kappa shape index (κ2) is 8.51. The first-order valence-corrected chi connectivity index (χ1v) is 9.76. The number of hydrogen-bond donors (Lipinski definition) is 0. The zero-order chi connectivity index (χ0) is 18.6. The van der Waals surface area contributed by atoms with Gasteiger partial charge in [-0.1, -0.05) is 37.3 Å². The molecule has 1 aromatic carbocycles. The second-order valence-electron chi connectivity index (χ2n) is 7.68. The molecule has 5 nitrogen and oxygen atoms in total. The summed E-state index contributed by atoms with van der Waals surface area (Å²) in [5.41, 5.74) is 1.13. The molecule has 3 rings (SSSR count). The van der Waals surface area contributed by atoms with Gasteiger partial charge < -0.3 is 19.3 Å². The lowest BCUT2D eigenvalue weighted by molar-refractivity contribution is -0.177. The maximum atomic E-state index is 12.1. The number of nitrogens with zero attached hydrogens (tertiary/aromatic N) is 2. The number of carbonyl (C=O) groups excluding carboxylic acids is 1. The highest BCUT2D eigenvalue weighted by atomic mass is 16.5. The van der Waals surface area contributed by atoms with Crippen LogP contribution in [-0.2, 0) is 14.3 Å². The van der Waals surface area contributed by atoms with Crippen LogP contribution in [0.1, 0.15) is 44.3 Å². The van der Waals surface area contributed by atoms with Gasteiger partial charge in [0.1, 0.15) is 6.61 Å². The van der Waals surface area contributed by atoms with Crippen LogP contribution in [0.25, 0.3) is 0 Å². The SMILES string of the molecule is CCN(C)[C@H]1C[C@@H](c2ccccc2)OC2(CCN(C(=O)COC)CC2)C1. The van der Waals surface area contributed by atoms with E-state index >= 15 is 0 Å². The summed E-state index contributed by atoms with van der Waals surface area (Å²) in [6, 6.07) is 11.1. The fraction of sp³-hybridized carbons (Fsp3) is 0.667. The third kappa shape index (κ3) is 4.27. The normalized spacial score (nSPS) is 25.6. The van der Waals surface area contributed by atoms with Crippen LogP contribution in [0.2, 0.25) is 0 Å². The first-order chi connectivity index (χ1) is 12.6. The van der Waals surface area contributed by atoms with Gasteiger partial charge >= 0.3 is 0 Å². The molecule has 0 N–H and O–H groups in total. The van der Waals surface area contributed by atoms with E-state index in [-0.39, 0.29) is 24.2 Å². The Bertz CT molecular complexity index is 584. The summed E-state index contributed by atoms with van der Waals surface area (Å²) >= 11 is 0. The number of ether oxygens (including phenoxy) is 2. The molecule has 0 radical (unpaired) electrons. The largest absolute Gasteiger partial charge is 0.375 e. The summed E-state index contributed by atoms with van der Waals surface area (Å²) in [7, 11) is 3.78. The number of rotatable bonds is 5. The molecular weight excluding hydrogens is 328 g/mol. The van der Waals surface area contributed by atoms with Crippen molar-refractivity contribution in [2.24, 2.45) is 0 Å². The number of carbonyl (C=O) groups is 1. The predicted molar refractivity (Wildman–Crippen MR) is 102 cm³/mol.